The third-order valence-electron chi connectivity index (χ3n) is 8.96. The van der Waals surface area contributed by atoms with Crippen molar-refractivity contribution >= 4 is 46.7 Å². The Labute approximate surface area is 219 Å². The molecular weight excluding hydrogens is 492 g/mol. The molecule has 3 amide bonds. The van der Waals surface area contributed by atoms with Gasteiger partial charge in [0.2, 0.25) is 17.7 Å². The molecule has 2 aliphatic heterocycles. The van der Waals surface area contributed by atoms with Gasteiger partial charge in [-0.15, -0.1) is 0 Å². The van der Waals surface area contributed by atoms with E-state index in [0.717, 1.165) is 12.0 Å². The molecule has 0 unspecified atom stereocenters. The van der Waals surface area contributed by atoms with Crippen LogP contribution in [0.3, 0.4) is 0 Å². The minimum atomic E-state index is -0.607. The molecule has 7 atom stereocenters. The molecule has 0 aromatic heterocycles. The highest BCUT2D eigenvalue weighted by Gasteiger charge is 2.67. The van der Waals surface area contributed by atoms with Crippen LogP contribution < -0.4 is 14.5 Å². The molecule has 2 aromatic carbocycles. The minimum absolute atomic E-state index is 0.0563. The van der Waals surface area contributed by atoms with Gasteiger partial charge in [0.25, 0.3) is 0 Å². The molecule has 188 valence electrons. The SMILES string of the molecule is Cc1c(Cl)cccc1N1C[C@H](C(=O)Oc2ccc(N3C(=O)[C@@H]4[C@H]5C=C[C@@H]([C@@H]6C[C@@H]56)[C@H]4C3=O)cc2)CC1=O. The quantitative estimate of drug-likeness (QED) is 0.264. The number of hydrogen-bond donors (Lipinski definition) is 0. The maximum Gasteiger partial charge on any atom is 0.316 e. The Kier molecular flexibility index (Phi) is 4.93. The van der Waals surface area contributed by atoms with Crippen molar-refractivity contribution in [1.29, 1.82) is 0 Å². The Morgan fingerprint density at radius 1 is 0.946 bits per heavy atom. The van der Waals surface area contributed by atoms with Gasteiger partial charge >= 0.3 is 5.97 Å². The molecule has 4 aliphatic carbocycles. The van der Waals surface area contributed by atoms with E-state index in [9.17, 15) is 19.2 Å². The first kappa shape index (κ1) is 22.7. The summed E-state index contributed by atoms with van der Waals surface area (Å²) in [7, 11) is 0. The molecule has 8 rings (SSSR count). The van der Waals surface area contributed by atoms with Gasteiger partial charge in [0.05, 0.1) is 23.4 Å². The summed E-state index contributed by atoms with van der Waals surface area (Å²) >= 11 is 6.21. The lowest BCUT2D eigenvalue weighted by Crippen LogP contribution is -2.40. The van der Waals surface area contributed by atoms with Gasteiger partial charge < -0.3 is 9.64 Å². The van der Waals surface area contributed by atoms with Crippen LogP contribution in [0.5, 0.6) is 5.75 Å². The lowest BCUT2D eigenvalue weighted by Gasteiger charge is -2.37. The number of anilines is 2. The van der Waals surface area contributed by atoms with Crippen molar-refractivity contribution < 1.29 is 23.9 Å². The monoisotopic (exact) mass is 516 g/mol. The van der Waals surface area contributed by atoms with Gasteiger partial charge in [0.1, 0.15) is 5.75 Å². The number of hydrogen-bond acceptors (Lipinski definition) is 5. The van der Waals surface area contributed by atoms with Crippen LogP contribution in [0.2, 0.25) is 5.02 Å². The average molecular weight is 517 g/mol. The van der Waals surface area contributed by atoms with Gasteiger partial charge in [-0.25, -0.2) is 0 Å². The van der Waals surface area contributed by atoms with Gasteiger partial charge in [-0.3, -0.25) is 24.1 Å². The van der Waals surface area contributed by atoms with E-state index in [1.807, 2.05) is 13.0 Å². The molecular formula is C29H25ClN2O5. The number of allylic oxidation sites excluding steroid dienone is 2. The molecule has 6 aliphatic rings. The van der Waals surface area contributed by atoms with Crippen molar-refractivity contribution in [3.8, 4) is 5.75 Å². The molecule has 4 fully saturated rings. The van der Waals surface area contributed by atoms with E-state index in [-0.39, 0.29) is 54.4 Å². The fraction of sp³-hybridized carbons (Fsp3) is 0.379. The van der Waals surface area contributed by atoms with E-state index in [2.05, 4.69) is 12.2 Å². The maximum atomic E-state index is 13.3. The molecule has 2 saturated heterocycles. The van der Waals surface area contributed by atoms with E-state index in [4.69, 9.17) is 16.3 Å². The highest BCUT2D eigenvalue weighted by atomic mass is 35.5. The molecule has 7 nitrogen and oxygen atoms in total. The van der Waals surface area contributed by atoms with Crippen molar-refractivity contribution in [2.75, 3.05) is 16.3 Å². The summed E-state index contributed by atoms with van der Waals surface area (Å²) in [5.74, 6) is -0.257. The maximum absolute atomic E-state index is 13.3. The first-order chi connectivity index (χ1) is 17.8. The van der Waals surface area contributed by atoms with E-state index in [1.165, 1.54) is 4.90 Å². The predicted molar refractivity (Wildman–Crippen MR) is 136 cm³/mol. The van der Waals surface area contributed by atoms with Crippen LogP contribution >= 0.6 is 11.6 Å². The number of nitrogens with zero attached hydrogens (tertiary/aromatic N) is 2. The van der Waals surface area contributed by atoms with Crippen molar-refractivity contribution in [3.63, 3.8) is 0 Å². The Balaban J connectivity index is 1.04. The second-order valence-electron chi connectivity index (χ2n) is 10.9. The smallest absolute Gasteiger partial charge is 0.316 e. The number of rotatable bonds is 4. The molecule has 8 heteroatoms. The number of imide groups is 1. The third kappa shape index (κ3) is 3.33. The summed E-state index contributed by atoms with van der Waals surface area (Å²) in [5.41, 5.74) is 1.98. The van der Waals surface area contributed by atoms with E-state index in [1.54, 1.807) is 41.3 Å². The number of benzene rings is 2. The van der Waals surface area contributed by atoms with Gasteiger partial charge in [-0.05, 0) is 79.0 Å². The summed E-state index contributed by atoms with van der Waals surface area (Å²) in [6, 6.07) is 11.8. The van der Waals surface area contributed by atoms with Crippen molar-refractivity contribution in [2.24, 2.45) is 41.4 Å². The number of esters is 1. The third-order valence-corrected chi connectivity index (χ3v) is 9.37. The second kappa shape index (κ2) is 8.02. The highest BCUT2D eigenvalue weighted by molar-refractivity contribution is 6.31. The summed E-state index contributed by atoms with van der Waals surface area (Å²) in [4.78, 5) is 55.0. The summed E-state index contributed by atoms with van der Waals surface area (Å²) in [5, 5.41) is 0.561. The summed E-state index contributed by atoms with van der Waals surface area (Å²) in [6.45, 7) is 2.06. The van der Waals surface area contributed by atoms with Crippen LogP contribution in [-0.2, 0) is 19.2 Å². The first-order valence-corrected chi connectivity index (χ1v) is 13.1. The predicted octanol–water partition coefficient (Wildman–Crippen LogP) is 4.16. The van der Waals surface area contributed by atoms with Crippen LogP contribution in [0.15, 0.2) is 54.6 Å². The lowest BCUT2D eigenvalue weighted by molar-refractivity contribution is -0.139. The molecule has 0 spiro atoms. The van der Waals surface area contributed by atoms with Crippen molar-refractivity contribution in [1.82, 2.24) is 0 Å². The van der Waals surface area contributed by atoms with Gasteiger partial charge in [0, 0.05) is 23.7 Å². The topological polar surface area (TPSA) is 84.0 Å². The second-order valence-corrected chi connectivity index (χ2v) is 11.3. The zero-order valence-corrected chi connectivity index (χ0v) is 20.9. The number of carbonyl (C=O) groups excluding carboxylic acids is 4. The van der Waals surface area contributed by atoms with Crippen LogP contribution in [0, 0.1) is 48.3 Å². The number of amides is 3. The van der Waals surface area contributed by atoms with Crippen molar-refractivity contribution in [2.45, 2.75) is 19.8 Å². The Bertz CT molecular complexity index is 1370. The molecule has 0 N–H and O–H groups in total. The fourth-order valence-electron chi connectivity index (χ4n) is 7.06. The highest BCUT2D eigenvalue weighted by Crippen LogP contribution is 2.65. The zero-order valence-electron chi connectivity index (χ0n) is 20.2. The Morgan fingerprint density at radius 3 is 2.24 bits per heavy atom. The van der Waals surface area contributed by atoms with E-state index in [0.29, 0.717) is 34.0 Å². The van der Waals surface area contributed by atoms with Crippen LogP contribution in [0.1, 0.15) is 18.4 Å². The van der Waals surface area contributed by atoms with Crippen LogP contribution in [-0.4, -0.2) is 30.2 Å². The standard InChI is InChI=1S/C29H25ClN2O5/c1-14-22(30)3-2-4-23(14)31-13-15(11-24(31)33)29(36)37-17-7-5-16(6-8-17)32-27(34)25-18-9-10-19(21-12-20(18)21)26(25)28(32)35/h2-10,15,18-21,25-26H,11-13H2,1H3/t15-,18+,19+,20+,21+,25-,26-/m1/s1. The molecule has 2 saturated carbocycles. The number of ether oxygens (including phenoxy) is 1. The van der Waals surface area contributed by atoms with Crippen molar-refractivity contribution in [3.05, 3.63) is 65.2 Å². The lowest BCUT2D eigenvalue weighted by atomic mass is 9.63. The fourth-order valence-corrected chi connectivity index (χ4v) is 7.23. The summed E-state index contributed by atoms with van der Waals surface area (Å²) < 4.78 is 5.57. The molecule has 2 bridgehead atoms. The molecule has 37 heavy (non-hydrogen) atoms. The Hall–Kier alpha value is -3.45. The largest absolute Gasteiger partial charge is 0.426 e. The minimum Gasteiger partial charge on any atom is -0.426 e. The van der Waals surface area contributed by atoms with Crippen LogP contribution in [0.4, 0.5) is 11.4 Å². The molecule has 2 heterocycles. The molecule has 0 radical (unpaired) electrons. The van der Waals surface area contributed by atoms with E-state index < -0.39 is 11.9 Å². The molecule has 2 aromatic rings. The Morgan fingerprint density at radius 2 is 1.59 bits per heavy atom. The van der Waals surface area contributed by atoms with Gasteiger partial charge in [-0.2, -0.15) is 0 Å². The number of carbonyl (C=O) groups is 4. The van der Waals surface area contributed by atoms with Crippen LogP contribution in [0.25, 0.3) is 0 Å². The average Bonchev–Trinajstić information content (AvgIpc) is 3.57. The van der Waals surface area contributed by atoms with Gasteiger partial charge in [0.15, 0.2) is 0 Å². The zero-order chi connectivity index (χ0) is 25.6. The van der Waals surface area contributed by atoms with Gasteiger partial charge in [-0.1, -0.05) is 29.8 Å². The number of halogens is 1. The normalized spacial score (nSPS) is 33.1. The summed E-state index contributed by atoms with van der Waals surface area (Å²) in [6.07, 6.45) is 5.49. The van der Waals surface area contributed by atoms with E-state index >= 15 is 0 Å². The first-order valence-electron chi connectivity index (χ1n) is 12.8.